The number of rotatable bonds is 6. The first kappa shape index (κ1) is 23.4. The highest BCUT2D eigenvalue weighted by Crippen LogP contribution is 2.47. The number of aromatic nitrogens is 2. The maximum absolute atomic E-state index is 11.5. The first-order valence-corrected chi connectivity index (χ1v) is 11.8. The number of nitrogens with one attached hydrogen (secondary N) is 1. The Morgan fingerprint density at radius 1 is 1.22 bits per heavy atom. The lowest BCUT2D eigenvalue weighted by Crippen LogP contribution is -2.27. The number of nitro benzene ring substituents is 1. The first-order chi connectivity index (χ1) is 15.0. The molecule has 2 heterocycles. The van der Waals surface area contributed by atoms with E-state index in [1.165, 1.54) is 6.07 Å². The highest BCUT2D eigenvalue weighted by atomic mass is 32.2. The Balaban J connectivity index is 0.000000523. The second kappa shape index (κ2) is 9.10. The summed E-state index contributed by atoms with van der Waals surface area (Å²) in [6, 6.07) is 8.19. The van der Waals surface area contributed by atoms with Crippen LogP contribution in [0.2, 0.25) is 0 Å². The summed E-state index contributed by atoms with van der Waals surface area (Å²) in [4.78, 5) is 13.4. The van der Waals surface area contributed by atoms with Crippen LogP contribution in [0.4, 0.5) is 17.1 Å². The number of aromatic hydroxyl groups is 1. The SMILES string of the molecule is CCN(CC)CCn1nc2c3c(c([N+](=O)[O-])ccc31)Nc1ccc(O)cc1-2.CS(=O)(=O)O. The number of benzene rings is 2. The van der Waals surface area contributed by atoms with Crippen molar-refractivity contribution in [1.82, 2.24) is 14.7 Å². The Hall–Kier alpha value is -3.22. The third-order valence-corrected chi connectivity index (χ3v) is 5.13. The Morgan fingerprint density at radius 2 is 1.88 bits per heavy atom. The van der Waals surface area contributed by atoms with Gasteiger partial charge in [0.25, 0.3) is 15.8 Å². The minimum atomic E-state index is -3.67. The van der Waals surface area contributed by atoms with Crippen molar-refractivity contribution >= 4 is 38.1 Å². The molecule has 1 aliphatic rings. The van der Waals surface area contributed by atoms with Crippen LogP contribution in [-0.4, -0.2) is 63.6 Å². The van der Waals surface area contributed by atoms with Gasteiger partial charge in [-0.3, -0.25) is 19.3 Å². The van der Waals surface area contributed by atoms with Crippen molar-refractivity contribution in [2.75, 3.05) is 31.2 Å². The highest BCUT2D eigenvalue weighted by molar-refractivity contribution is 7.85. The van der Waals surface area contributed by atoms with Gasteiger partial charge in [0.1, 0.15) is 17.1 Å². The molecule has 0 bridgehead atoms. The van der Waals surface area contributed by atoms with Gasteiger partial charge >= 0.3 is 0 Å². The van der Waals surface area contributed by atoms with Gasteiger partial charge in [-0.15, -0.1) is 0 Å². The number of phenolic OH excluding ortho intramolecular Hbond substituents is 1. The largest absolute Gasteiger partial charge is 0.508 e. The summed E-state index contributed by atoms with van der Waals surface area (Å²) in [7, 11) is -3.67. The molecule has 0 amide bonds. The molecule has 32 heavy (non-hydrogen) atoms. The lowest BCUT2D eigenvalue weighted by molar-refractivity contribution is -0.383. The predicted octanol–water partition coefficient (Wildman–Crippen LogP) is 3.22. The number of nitrogens with zero attached hydrogens (tertiary/aromatic N) is 4. The summed E-state index contributed by atoms with van der Waals surface area (Å²) >= 11 is 0. The van der Waals surface area contributed by atoms with Gasteiger partial charge < -0.3 is 15.3 Å². The van der Waals surface area contributed by atoms with Gasteiger partial charge in [0, 0.05) is 23.9 Å². The molecule has 4 rings (SSSR count). The molecule has 2 aromatic carbocycles. The van der Waals surface area contributed by atoms with Crippen molar-refractivity contribution in [3.05, 3.63) is 40.4 Å². The minimum absolute atomic E-state index is 0.0192. The van der Waals surface area contributed by atoms with Gasteiger partial charge in [-0.2, -0.15) is 13.5 Å². The van der Waals surface area contributed by atoms with E-state index in [0.29, 0.717) is 29.9 Å². The van der Waals surface area contributed by atoms with Gasteiger partial charge in [-0.1, -0.05) is 13.8 Å². The fourth-order valence-electron chi connectivity index (χ4n) is 3.65. The van der Waals surface area contributed by atoms with Crippen molar-refractivity contribution in [2.45, 2.75) is 20.4 Å². The van der Waals surface area contributed by atoms with Crippen LogP contribution in [0.5, 0.6) is 5.75 Å². The number of fused-ring (bicyclic) bond motifs is 2. The smallest absolute Gasteiger partial charge is 0.293 e. The molecule has 0 saturated carbocycles. The summed E-state index contributed by atoms with van der Waals surface area (Å²) in [5.41, 5.74) is 3.43. The van der Waals surface area contributed by atoms with Crippen molar-refractivity contribution < 1.29 is 23.0 Å². The highest BCUT2D eigenvalue weighted by Gasteiger charge is 2.29. The quantitative estimate of drug-likeness (QED) is 0.169. The summed E-state index contributed by atoms with van der Waals surface area (Å²) in [5, 5.41) is 30.1. The Kier molecular flexibility index (Phi) is 6.67. The number of likely N-dealkylation sites (N-methyl/N-ethyl adjacent to an activating group) is 1. The van der Waals surface area contributed by atoms with E-state index in [4.69, 9.17) is 9.65 Å². The average molecular weight is 464 g/mol. The molecule has 1 aliphatic heterocycles. The van der Waals surface area contributed by atoms with Gasteiger partial charge in [0.2, 0.25) is 0 Å². The second-order valence-electron chi connectivity index (χ2n) is 7.30. The molecule has 172 valence electrons. The Labute approximate surface area is 185 Å². The predicted molar refractivity (Wildman–Crippen MR) is 122 cm³/mol. The van der Waals surface area contributed by atoms with Crippen molar-refractivity contribution in [1.29, 1.82) is 0 Å². The maximum Gasteiger partial charge on any atom is 0.293 e. The molecule has 11 nitrogen and oxygen atoms in total. The van der Waals surface area contributed by atoms with E-state index in [9.17, 15) is 23.6 Å². The van der Waals surface area contributed by atoms with Crippen LogP contribution in [0.15, 0.2) is 30.3 Å². The Bertz CT molecular complexity index is 1260. The first-order valence-electron chi connectivity index (χ1n) is 9.96. The standard InChI is InChI=1S/C19H21N5O3.CH4O3S/c1-3-22(4-2)9-10-23-15-7-8-16(24(26)27)19-17(15)18(21-23)13-11-12(25)5-6-14(13)20-19;1-5(2,3)4/h5-8,11,20,25H,3-4,9-10H2,1-2H3;1H3,(H,2,3,4). The van der Waals surface area contributed by atoms with Crippen molar-refractivity contribution in [3.8, 4) is 17.0 Å². The summed E-state index contributed by atoms with van der Waals surface area (Å²) < 4.78 is 27.8. The van der Waals surface area contributed by atoms with Gasteiger partial charge in [0.05, 0.1) is 28.6 Å². The molecule has 0 atom stereocenters. The second-order valence-corrected chi connectivity index (χ2v) is 8.76. The molecule has 3 N–H and O–H groups in total. The molecule has 1 aromatic heterocycles. The van der Waals surface area contributed by atoms with E-state index in [1.807, 2.05) is 4.68 Å². The summed E-state index contributed by atoms with van der Waals surface area (Å²) in [6.45, 7) is 7.68. The monoisotopic (exact) mass is 463 g/mol. The van der Waals surface area contributed by atoms with E-state index in [1.54, 1.807) is 24.3 Å². The molecule has 0 fully saturated rings. The van der Waals surface area contributed by atoms with Crippen LogP contribution in [0.25, 0.3) is 22.2 Å². The fraction of sp³-hybridized carbons (Fsp3) is 0.350. The van der Waals surface area contributed by atoms with Crippen LogP contribution < -0.4 is 5.32 Å². The van der Waals surface area contributed by atoms with Crippen LogP contribution in [0.1, 0.15) is 13.8 Å². The number of anilines is 2. The normalized spacial score (nSPS) is 12.2. The zero-order valence-electron chi connectivity index (χ0n) is 17.9. The zero-order valence-corrected chi connectivity index (χ0v) is 18.8. The fourth-order valence-corrected chi connectivity index (χ4v) is 3.65. The van der Waals surface area contributed by atoms with E-state index in [-0.39, 0.29) is 16.4 Å². The van der Waals surface area contributed by atoms with E-state index < -0.39 is 10.1 Å². The van der Waals surface area contributed by atoms with Crippen LogP contribution in [0.3, 0.4) is 0 Å². The topological polar surface area (TPSA) is 151 Å². The lowest BCUT2D eigenvalue weighted by atomic mass is 9.99. The van der Waals surface area contributed by atoms with Gasteiger partial charge in [-0.25, -0.2) is 0 Å². The van der Waals surface area contributed by atoms with Crippen molar-refractivity contribution in [2.24, 2.45) is 0 Å². The molecule has 0 radical (unpaired) electrons. The summed E-state index contributed by atoms with van der Waals surface area (Å²) in [5.74, 6) is 0.135. The number of phenols is 1. The van der Waals surface area contributed by atoms with Crippen LogP contribution >= 0.6 is 0 Å². The third-order valence-electron chi connectivity index (χ3n) is 5.13. The molecule has 3 aromatic rings. The minimum Gasteiger partial charge on any atom is -0.508 e. The average Bonchev–Trinajstić information content (AvgIpc) is 3.08. The number of nitro groups is 1. The molecule has 0 saturated heterocycles. The zero-order chi connectivity index (χ0) is 23.6. The van der Waals surface area contributed by atoms with E-state index >= 15 is 0 Å². The molecule has 0 spiro atoms. The maximum atomic E-state index is 11.5. The Morgan fingerprint density at radius 3 is 2.47 bits per heavy atom. The molecular formula is C20H25N5O6S. The van der Waals surface area contributed by atoms with Crippen LogP contribution in [-0.2, 0) is 16.7 Å². The number of hydrogen-bond donors (Lipinski definition) is 3. The van der Waals surface area contributed by atoms with Gasteiger partial charge in [-0.05, 0) is 37.4 Å². The van der Waals surface area contributed by atoms with E-state index in [2.05, 4.69) is 24.1 Å². The molecule has 0 unspecified atom stereocenters. The summed E-state index contributed by atoms with van der Waals surface area (Å²) in [6.07, 6.45) is 0.715. The number of hydrogen-bond acceptors (Lipinski definition) is 8. The molecule has 12 heteroatoms. The van der Waals surface area contributed by atoms with Crippen molar-refractivity contribution in [3.63, 3.8) is 0 Å². The lowest BCUT2D eigenvalue weighted by Gasteiger charge is -2.18. The van der Waals surface area contributed by atoms with Gasteiger partial charge in [0.15, 0.2) is 0 Å². The molecular weight excluding hydrogens is 438 g/mol. The van der Waals surface area contributed by atoms with Crippen LogP contribution in [0, 0.1) is 10.1 Å². The van der Waals surface area contributed by atoms with E-state index in [0.717, 1.165) is 36.1 Å². The molecule has 0 aliphatic carbocycles. The third kappa shape index (κ3) is 4.98.